The van der Waals surface area contributed by atoms with Gasteiger partial charge in [0.2, 0.25) is 11.8 Å². The maximum absolute atomic E-state index is 13.8. The van der Waals surface area contributed by atoms with Gasteiger partial charge in [-0.15, -0.1) is 0 Å². The van der Waals surface area contributed by atoms with Crippen LogP contribution >= 0.6 is 15.9 Å². The number of fused-ring (bicyclic) bond motifs is 3. The molecule has 37 heavy (non-hydrogen) atoms. The van der Waals surface area contributed by atoms with Gasteiger partial charge >= 0.3 is 0 Å². The predicted octanol–water partition coefficient (Wildman–Crippen LogP) is 4.78. The molecule has 4 atom stereocenters. The van der Waals surface area contributed by atoms with Gasteiger partial charge in [-0.1, -0.05) is 57.9 Å². The minimum atomic E-state index is -0.668. The summed E-state index contributed by atoms with van der Waals surface area (Å²) in [4.78, 5) is 55.1. The van der Waals surface area contributed by atoms with E-state index in [0.717, 1.165) is 15.6 Å². The molecule has 2 aromatic carbocycles. The van der Waals surface area contributed by atoms with Crippen molar-refractivity contribution < 1.29 is 24.3 Å². The van der Waals surface area contributed by atoms with Gasteiger partial charge in [0.1, 0.15) is 5.75 Å². The number of ketones is 2. The molecule has 4 aliphatic rings. The van der Waals surface area contributed by atoms with Crippen molar-refractivity contribution in [3.05, 3.63) is 98.6 Å². The second kappa shape index (κ2) is 8.77. The van der Waals surface area contributed by atoms with Crippen molar-refractivity contribution in [2.75, 3.05) is 0 Å². The van der Waals surface area contributed by atoms with Gasteiger partial charge in [-0.3, -0.25) is 24.1 Å². The first-order chi connectivity index (χ1) is 17.8. The molecule has 2 amide bonds. The fourth-order valence-corrected chi connectivity index (χ4v) is 6.84. The van der Waals surface area contributed by atoms with Crippen LogP contribution < -0.4 is 0 Å². The molecule has 1 aliphatic heterocycles. The molecule has 0 aromatic heterocycles. The average Bonchev–Trinajstić information content (AvgIpc) is 3.13. The number of hydrogen-bond acceptors (Lipinski definition) is 5. The highest BCUT2D eigenvalue weighted by atomic mass is 79.9. The van der Waals surface area contributed by atoms with Gasteiger partial charge in [-0.2, -0.15) is 0 Å². The summed E-state index contributed by atoms with van der Waals surface area (Å²) in [6.07, 6.45) is 3.91. The molecule has 0 saturated carbocycles. The Hall–Kier alpha value is -3.58. The van der Waals surface area contributed by atoms with E-state index in [-0.39, 0.29) is 42.1 Å². The van der Waals surface area contributed by atoms with Gasteiger partial charge in [0.05, 0.1) is 18.4 Å². The lowest BCUT2D eigenvalue weighted by atomic mass is 9.59. The van der Waals surface area contributed by atoms with Crippen LogP contribution in [0.3, 0.4) is 0 Å². The summed E-state index contributed by atoms with van der Waals surface area (Å²) < 4.78 is 0.724. The molecule has 0 radical (unpaired) electrons. The molecule has 4 unspecified atom stereocenters. The number of halogens is 1. The lowest BCUT2D eigenvalue weighted by molar-refractivity contribution is -0.140. The minimum absolute atomic E-state index is 0.00991. The van der Waals surface area contributed by atoms with Crippen LogP contribution in [0.15, 0.2) is 87.4 Å². The molecule has 6 nitrogen and oxygen atoms in total. The standard InChI is InChI=1S/C30H24BrNO5/c1-15-11-24(34)22-13-20-18(25(27(22)28(15)35)21-12-17(31)7-10-23(21)33)8-9-19-26(20)30(37)32(29(19)36)14-16-5-3-2-4-6-16/h2-8,10-12,19-20,25-26,33H,9,13-14H2,1H3. The van der Waals surface area contributed by atoms with Gasteiger partial charge < -0.3 is 5.11 Å². The van der Waals surface area contributed by atoms with Crippen molar-refractivity contribution >= 4 is 39.3 Å². The van der Waals surface area contributed by atoms with E-state index in [4.69, 9.17) is 0 Å². The zero-order valence-corrected chi connectivity index (χ0v) is 21.7. The molecule has 7 heteroatoms. The Kier molecular flexibility index (Phi) is 5.64. The third-order valence-electron chi connectivity index (χ3n) is 8.14. The summed E-state index contributed by atoms with van der Waals surface area (Å²) >= 11 is 3.46. The Morgan fingerprint density at radius 2 is 1.76 bits per heavy atom. The number of Topliss-reactive ketones (excluding diaryl/α,β-unsaturated/α-hetero) is 1. The molecule has 0 bridgehead atoms. The van der Waals surface area contributed by atoms with Crippen molar-refractivity contribution in [1.82, 2.24) is 4.90 Å². The lowest BCUT2D eigenvalue weighted by Gasteiger charge is -2.42. The summed E-state index contributed by atoms with van der Waals surface area (Å²) in [6.45, 7) is 1.83. The zero-order valence-electron chi connectivity index (χ0n) is 20.1. The highest BCUT2D eigenvalue weighted by Gasteiger charge is 2.56. The summed E-state index contributed by atoms with van der Waals surface area (Å²) in [7, 11) is 0. The van der Waals surface area contributed by atoms with Gasteiger partial charge in [0.25, 0.3) is 0 Å². The molecule has 186 valence electrons. The largest absolute Gasteiger partial charge is 0.508 e. The number of hydrogen-bond donors (Lipinski definition) is 1. The Bertz CT molecular complexity index is 1480. The van der Waals surface area contributed by atoms with Crippen molar-refractivity contribution in [3.63, 3.8) is 0 Å². The highest BCUT2D eigenvalue weighted by molar-refractivity contribution is 9.10. The maximum Gasteiger partial charge on any atom is 0.234 e. The topological polar surface area (TPSA) is 91.8 Å². The van der Waals surface area contributed by atoms with Crippen LogP contribution in [-0.4, -0.2) is 33.4 Å². The summed E-state index contributed by atoms with van der Waals surface area (Å²) in [5.41, 5.74) is 3.31. The predicted molar refractivity (Wildman–Crippen MR) is 139 cm³/mol. The van der Waals surface area contributed by atoms with E-state index >= 15 is 0 Å². The molecule has 2 aromatic rings. The van der Waals surface area contributed by atoms with Crippen molar-refractivity contribution in [3.8, 4) is 5.75 Å². The SMILES string of the molecule is CC1=CC(=O)C2=C(C1=O)C(c1cc(Br)ccc1O)C1=CCC3C(=O)N(Cc4ccccc4)C(=O)C3C1C2. The molecule has 1 N–H and O–H groups in total. The van der Waals surface area contributed by atoms with E-state index in [1.54, 1.807) is 25.1 Å². The number of aromatic hydroxyl groups is 1. The van der Waals surface area contributed by atoms with Crippen LogP contribution in [0.5, 0.6) is 5.75 Å². The molecule has 0 spiro atoms. The van der Waals surface area contributed by atoms with Crippen molar-refractivity contribution in [1.29, 1.82) is 0 Å². The third kappa shape index (κ3) is 3.67. The molecule has 1 saturated heterocycles. The van der Waals surface area contributed by atoms with E-state index in [2.05, 4.69) is 15.9 Å². The first-order valence-electron chi connectivity index (χ1n) is 12.3. The second-order valence-corrected chi connectivity index (χ2v) is 11.1. The van der Waals surface area contributed by atoms with Crippen LogP contribution in [0.1, 0.15) is 36.8 Å². The summed E-state index contributed by atoms with van der Waals surface area (Å²) in [5, 5.41) is 10.9. The Labute approximate surface area is 222 Å². The number of imide groups is 1. The van der Waals surface area contributed by atoms with Gasteiger partial charge in [-0.05, 0) is 55.5 Å². The Balaban J connectivity index is 1.47. The monoisotopic (exact) mass is 557 g/mol. The summed E-state index contributed by atoms with van der Waals surface area (Å²) in [5.74, 6) is -3.09. The average molecular weight is 558 g/mol. The Morgan fingerprint density at radius 3 is 2.51 bits per heavy atom. The number of nitrogens with zero attached hydrogens (tertiary/aromatic N) is 1. The smallest absolute Gasteiger partial charge is 0.234 e. The van der Waals surface area contributed by atoms with Crippen LogP contribution in [0.25, 0.3) is 0 Å². The number of carbonyl (C=O) groups excluding carboxylic acids is 4. The van der Waals surface area contributed by atoms with E-state index in [9.17, 15) is 24.3 Å². The number of phenolic OH excluding ortho intramolecular Hbond substituents is 1. The first-order valence-corrected chi connectivity index (χ1v) is 13.1. The van der Waals surface area contributed by atoms with Crippen LogP contribution in [-0.2, 0) is 25.7 Å². The van der Waals surface area contributed by atoms with Crippen LogP contribution in [0.4, 0.5) is 0 Å². The number of rotatable bonds is 3. The quantitative estimate of drug-likeness (QED) is 0.333. The fraction of sp³-hybridized carbons (Fsp3) is 0.267. The Morgan fingerprint density at radius 1 is 1.00 bits per heavy atom. The van der Waals surface area contributed by atoms with Crippen LogP contribution in [0, 0.1) is 17.8 Å². The molecule has 1 heterocycles. The second-order valence-electron chi connectivity index (χ2n) is 10.2. The molecule has 3 aliphatic carbocycles. The van der Waals surface area contributed by atoms with E-state index < -0.39 is 23.7 Å². The summed E-state index contributed by atoms with van der Waals surface area (Å²) in [6, 6.07) is 14.4. The normalized spacial score (nSPS) is 27.0. The lowest BCUT2D eigenvalue weighted by Crippen LogP contribution is -2.39. The molecule has 6 rings (SSSR count). The van der Waals surface area contributed by atoms with E-state index in [1.807, 2.05) is 36.4 Å². The zero-order chi connectivity index (χ0) is 26.0. The van der Waals surface area contributed by atoms with Crippen molar-refractivity contribution in [2.24, 2.45) is 17.8 Å². The fourth-order valence-electron chi connectivity index (χ4n) is 6.46. The molecular weight excluding hydrogens is 534 g/mol. The van der Waals surface area contributed by atoms with Crippen LogP contribution in [0.2, 0.25) is 0 Å². The number of benzene rings is 2. The number of phenols is 1. The minimum Gasteiger partial charge on any atom is -0.508 e. The molecule has 1 fully saturated rings. The maximum atomic E-state index is 13.8. The number of carbonyl (C=O) groups is 4. The van der Waals surface area contributed by atoms with Gasteiger partial charge in [0.15, 0.2) is 11.6 Å². The number of likely N-dealkylation sites (tertiary alicyclic amines) is 1. The highest BCUT2D eigenvalue weighted by Crippen LogP contribution is 2.56. The van der Waals surface area contributed by atoms with Gasteiger partial charge in [0, 0.05) is 32.7 Å². The van der Waals surface area contributed by atoms with Crippen molar-refractivity contribution in [2.45, 2.75) is 32.2 Å². The number of allylic oxidation sites excluding steroid dienone is 6. The third-order valence-corrected chi connectivity index (χ3v) is 8.63. The van der Waals surface area contributed by atoms with E-state index in [0.29, 0.717) is 28.7 Å². The number of amides is 2. The van der Waals surface area contributed by atoms with Gasteiger partial charge in [-0.25, -0.2) is 0 Å². The van der Waals surface area contributed by atoms with E-state index in [1.165, 1.54) is 11.0 Å². The first kappa shape index (κ1) is 23.8. The molecular formula is C30H24BrNO5.